The quantitative estimate of drug-likeness (QED) is 0.185. The molecule has 1 nitrogen and oxygen atoms in total. The third-order valence-corrected chi connectivity index (χ3v) is 10.2. The van der Waals surface area contributed by atoms with E-state index in [0.29, 0.717) is 0 Å². The Morgan fingerprint density at radius 1 is 0.438 bits per heavy atom. The minimum atomic E-state index is -0.106. The van der Waals surface area contributed by atoms with E-state index in [-0.39, 0.29) is 10.8 Å². The van der Waals surface area contributed by atoms with E-state index in [1.54, 1.807) is 0 Å². The molecule has 0 saturated carbocycles. The van der Waals surface area contributed by atoms with Crippen molar-refractivity contribution in [3.63, 3.8) is 0 Å². The number of para-hydroxylation sites is 2. The van der Waals surface area contributed by atoms with Gasteiger partial charge in [0.25, 0.3) is 0 Å². The van der Waals surface area contributed by atoms with Crippen LogP contribution in [0.5, 0.6) is 0 Å². The van der Waals surface area contributed by atoms with Crippen LogP contribution in [0, 0.1) is 0 Å². The normalized spacial score (nSPS) is 13.3. The first kappa shape index (κ1) is 30.0. The Balaban J connectivity index is 1.41. The number of fused-ring (bicyclic) bond motifs is 4. The first-order valence-corrected chi connectivity index (χ1v) is 17.0. The summed E-state index contributed by atoms with van der Waals surface area (Å²) < 4.78 is 0. The van der Waals surface area contributed by atoms with Crippen molar-refractivity contribution in [1.29, 1.82) is 0 Å². The predicted octanol–water partition coefficient (Wildman–Crippen LogP) is 13.2. The zero-order valence-electron chi connectivity index (χ0n) is 28.5. The third-order valence-electron chi connectivity index (χ3n) is 10.2. The van der Waals surface area contributed by atoms with Crippen LogP contribution in [0.4, 0.5) is 17.1 Å². The molecule has 0 N–H and O–H groups in total. The zero-order valence-corrected chi connectivity index (χ0v) is 28.5. The summed E-state index contributed by atoms with van der Waals surface area (Å²) in [5, 5.41) is 2.59. The summed E-state index contributed by atoms with van der Waals surface area (Å²) in [4.78, 5) is 2.49. The maximum atomic E-state index is 2.49. The van der Waals surface area contributed by atoms with E-state index in [0.717, 1.165) is 17.1 Å². The molecule has 0 unspecified atom stereocenters. The molecule has 1 aliphatic rings. The number of nitrogens with zero attached hydrogens (tertiary/aromatic N) is 1. The molecule has 0 fully saturated rings. The SMILES string of the molecule is CC(C)(C)c1ccc(-c2ccccc2N(c2ccc3c(c2)C(C)(C)c2ccccc2-3)c2ccccc2-c2ccccc2)c2ccccc12. The molecule has 1 aliphatic carbocycles. The second-order valence-corrected chi connectivity index (χ2v) is 14.6. The van der Waals surface area contributed by atoms with E-state index in [1.165, 1.54) is 60.8 Å². The Hall–Kier alpha value is -5.40. The van der Waals surface area contributed by atoms with Crippen LogP contribution in [0.3, 0.4) is 0 Å². The van der Waals surface area contributed by atoms with Crippen molar-refractivity contribution in [3.05, 3.63) is 174 Å². The number of rotatable bonds is 5. The Bertz CT molecular complexity index is 2300. The van der Waals surface area contributed by atoms with Crippen LogP contribution in [0.2, 0.25) is 0 Å². The Morgan fingerprint density at radius 2 is 0.979 bits per heavy atom. The molecule has 0 bridgehead atoms. The summed E-state index contributed by atoms with van der Waals surface area (Å²) in [6.07, 6.45) is 0. The Morgan fingerprint density at radius 3 is 1.71 bits per heavy atom. The number of hydrogen-bond donors (Lipinski definition) is 0. The molecule has 234 valence electrons. The van der Waals surface area contributed by atoms with Gasteiger partial charge in [-0.05, 0) is 79.4 Å². The van der Waals surface area contributed by atoms with E-state index in [2.05, 4.69) is 197 Å². The zero-order chi connectivity index (χ0) is 33.0. The first-order chi connectivity index (χ1) is 23.2. The van der Waals surface area contributed by atoms with Gasteiger partial charge in [0.05, 0.1) is 11.4 Å². The van der Waals surface area contributed by atoms with Gasteiger partial charge in [-0.25, -0.2) is 0 Å². The van der Waals surface area contributed by atoms with Gasteiger partial charge in [-0.3, -0.25) is 0 Å². The van der Waals surface area contributed by atoms with Crippen LogP contribution < -0.4 is 4.90 Å². The van der Waals surface area contributed by atoms with E-state index < -0.39 is 0 Å². The fourth-order valence-corrected chi connectivity index (χ4v) is 7.85. The second-order valence-electron chi connectivity index (χ2n) is 14.6. The number of anilines is 3. The lowest BCUT2D eigenvalue weighted by Crippen LogP contribution is -2.17. The average molecular weight is 620 g/mol. The van der Waals surface area contributed by atoms with Crippen molar-refractivity contribution in [2.24, 2.45) is 0 Å². The summed E-state index contributed by atoms with van der Waals surface area (Å²) >= 11 is 0. The Kier molecular flexibility index (Phi) is 7.11. The molecule has 0 radical (unpaired) electrons. The molecule has 0 heterocycles. The van der Waals surface area contributed by atoms with Crippen molar-refractivity contribution in [3.8, 4) is 33.4 Å². The molecule has 8 rings (SSSR count). The van der Waals surface area contributed by atoms with E-state index in [4.69, 9.17) is 0 Å². The van der Waals surface area contributed by atoms with Gasteiger partial charge in [0.15, 0.2) is 0 Å². The van der Waals surface area contributed by atoms with Gasteiger partial charge in [-0.2, -0.15) is 0 Å². The smallest absolute Gasteiger partial charge is 0.0540 e. The van der Waals surface area contributed by atoms with Gasteiger partial charge in [0.1, 0.15) is 0 Å². The molecule has 0 aromatic heterocycles. The molecule has 48 heavy (non-hydrogen) atoms. The molecular formula is C47H41N. The van der Waals surface area contributed by atoms with Crippen molar-refractivity contribution >= 4 is 27.8 Å². The van der Waals surface area contributed by atoms with E-state index in [1.807, 2.05) is 0 Å². The molecular weight excluding hydrogens is 579 g/mol. The highest BCUT2D eigenvalue weighted by Gasteiger charge is 2.36. The van der Waals surface area contributed by atoms with Crippen molar-refractivity contribution in [2.45, 2.75) is 45.4 Å². The first-order valence-electron chi connectivity index (χ1n) is 17.0. The average Bonchev–Trinajstić information content (AvgIpc) is 3.34. The highest BCUT2D eigenvalue weighted by atomic mass is 15.1. The van der Waals surface area contributed by atoms with Crippen molar-refractivity contribution in [1.82, 2.24) is 0 Å². The minimum absolute atomic E-state index is 0.0348. The summed E-state index contributed by atoms with van der Waals surface area (Å²) in [5.74, 6) is 0. The van der Waals surface area contributed by atoms with Crippen LogP contribution in [-0.4, -0.2) is 0 Å². The number of hydrogen-bond acceptors (Lipinski definition) is 1. The highest BCUT2D eigenvalue weighted by molar-refractivity contribution is 6.04. The second kappa shape index (κ2) is 11.4. The Labute approximate surface area is 285 Å². The largest absolute Gasteiger partial charge is 0.309 e. The molecule has 0 amide bonds. The number of benzene rings is 7. The molecule has 1 heteroatoms. The lowest BCUT2D eigenvalue weighted by Gasteiger charge is -2.31. The van der Waals surface area contributed by atoms with Gasteiger partial charge < -0.3 is 4.90 Å². The topological polar surface area (TPSA) is 3.24 Å². The van der Waals surface area contributed by atoms with Crippen LogP contribution >= 0.6 is 0 Å². The summed E-state index contributed by atoms with van der Waals surface area (Å²) in [6.45, 7) is 11.6. The van der Waals surface area contributed by atoms with Crippen LogP contribution in [0.1, 0.15) is 51.3 Å². The maximum Gasteiger partial charge on any atom is 0.0540 e. The van der Waals surface area contributed by atoms with E-state index in [9.17, 15) is 0 Å². The van der Waals surface area contributed by atoms with Crippen LogP contribution in [-0.2, 0) is 10.8 Å². The van der Waals surface area contributed by atoms with Gasteiger partial charge in [0, 0.05) is 22.2 Å². The van der Waals surface area contributed by atoms with Crippen LogP contribution in [0.15, 0.2) is 158 Å². The molecule has 0 atom stereocenters. The van der Waals surface area contributed by atoms with Crippen LogP contribution in [0.25, 0.3) is 44.2 Å². The summed E-state index contributed by atoms with van der Waals surface area (Å²) in [5.41, 5.74) is 15.0. The summed E-state index contributed by atoms with van der Waals surface area (Å²) in [6, 6.07) is 58.1. The third kappa shape index (κ3) is 4.85. The van der Waals surface area contributed by atoms with Gasteiger partial charge in [-0.15, -0.1) is 0 Å². The predicted molar refractivity (Wildman–Crippen MR) is 206 cm³/mol. The van der Waals surface area contributed by atoms with Crippen molar-refractivity contribution < 1.29 is 0 Å². The van der Waals surface area contributed by atoms with Gasteiger partial charge in [0.2, 0.25) is 0 Å². The summed E-state index contributed by atoms with van der Waals surface area (Å²) in [7, 11) is 0. The molecule has 0 saturated heterocycles. The molecule has 0 aliphatic heterocycles. The minimum Gasteiger partial charge on any atom is -0.309 e. The fourth-order valence-electron chi connectivity index (χ4n) is 7.85. The lowest BCUT2D eigenvalue weighted by atomic mass is 9.81. The molecule has 7 aromatic carbocycles. The standard InChI is InChI=1S/C47H41N/c1-46(2,3)41-30-29-36(35-20-9-10-21-37(35)41)40-23-13-16-26-45(40)48(44-25-15-12-19-34(44)32-17-7-6-8-18-32)33-27-28-39-38-22-11-14-24-42(38)47(4,5)43(39)31-33/h6-31H,1-5H3. The molecule has 0 spiro atoms. The van der Waals surface area contributed by atoms with Crippen molar-refractivity contribution in [2.75, 3.05) is 4.90 Å². The maximum absolute atomic E-state index is 2.49. The van der Waals surface area contributed by atoms with Gasteiger partial charge >= 0.3 is 0 Å². The van der Waals surface area contributed by atoms with Gasteiger partial charge in [-0.1, -0.05) is 168 Å². The van der Waals surface area contributed by atoms with E-state index >= 15 is 0 Å². The molecule has 7 aromatic rings. The monoisotopic (exact) mass is 619 g/mol. The fraction of sp³-hybridized carbons (Fsp3) is 0.149. The highest BCUT2D eigenvalue weighted by Crippen LogP contribution is 2.52. The lowest BCUT2D eigenvalue weighted by molar-refractivity contribution is 0.596.